The van der Waals surface area contributed by atoms with Gasteiger partial charge in [0.15, 0.2) is 0 Å². The molecule has 0 spiro atoms. The van der Waals surface area contributed by atoms with Crippen LogP contribution in [-0.4, -0.2) is 0 Å². The Kier molecular flexibility index (Phi) is 12.5. The lowest BCUT2D eigenvalue weighted by molar-refractivity contribution is 0.767. The third kappa shape index (κ3) is 7.87. The zero-order valence-corrected chi connectivity index (χ0v) is 50.8. The van der Waals surface area contributed by atoms with E-state index in [1.165, 1.54) is 121 Å². The van der Waals surface area contributed by atoms with Crippen molar-refractivity contribution in [1.29, 1.82) is 0 Å². The molecule has 0 heterocycles. The lowest BCUT2D eigenvalue weighted by Crippen LogP contribution is -2.29. The molecule has 0 unspecified atom stereocenters. The van der Waals surface area contributed by atoms with Gasteiger partial charge in [0.05, 0.1) is 22.2 Å². The first-order valence-corrected chi connectivity index (χ1v) is 31.4. The molecule has 0 saturated carbocycles. The lowest BCUT2D eigenvalue weighted by Gasteiger charge is -2.36. The van der Waals surface area contributed by atoms with E-state index in [0.717, 1.165) is 34.1 Å². The van der Waals surface area contributed by atoms with Gasteiger partial charge in [-0.3, -0.25) is 0 Å². The summed E-state index contributed by atoms with van der Waals surface area (Å²) in [4.78, 5) is 5.10. The van der Waals surface area contributed by atoms with Gasteiger partial charge in [-0.25, -0.2) is 0 Å². The molecule has 0 atom stereocenters. The van der Waals surface area contributed by atoms with E-state index < -0.39 is 10.8 Å². The maximum atomic E-state index is 2.55. The first-order chi connectivity index (χ1) is 43.1. The number of nitrogens with zero attached hydrogens (tertiary/aromatic N) is 2. The standard InChI is InChI=1S/C86H68N2/c1-55(2)75-53-81(87(63-31-9-7-10-32-63)65-35-23-29-61(51-65)85(59-27-21-25-57(5)49-59)77-41-17-13-37-67(77)68-38-14-18-42-78(68)85)73-48-46-72-76(56(3)4)54-82(74-47-45-71(75)83(73)84(72)74)88(64-33-11-8-12-34-64)66-36-24-30-62(52-66)86(60-28-22-26-58(6)50-60)79-43-19-15-39-69(79)70-40-16-20-44-80(70)86/h7-56H,1-6H3. The maximum Gasteiger partial charge on any atom is 0.0714 e. The number of fused-ring (bicyclic) bond motifs is 6. The Bertz CT molecular complexity index is 4620. The van der Waals surface area contributed by atoms with Crippen molar-refractivity contribution in [2.75, 3.05) is 9.80 Å². The first-order valence-electron chi connectivity index (χ1n) is 31.4. The maximum absolute atomic E-state index is 2.55. The van der Waals surface area contributed by atoms with Crippen LogP contribution in [0.1, 0.15) is 106 Å². The predicted molar refractivity (Wildman–Crippen MR) is 372 cm³/mol. The molecule has 0 saturated heterocycles. The molecule has 2 aliphatic rings. The van der Waals surface area contributed by atoms with E-state index in [1.54, 1.807) is 0 Å². The highest BCUT2D eigenvalue weighted by Crippen LogP contribution is 2.60. The van der Waals surface area contributed by atoms with Gasteiger partial charge in [0, 0.05) is 33.5 Å². The van der Waals surface area contributed by atoms with Crippen molar-refractivity contribution >= 4 is 66.4 Å². The van der Waals surface area contributed by atoms with Crippen LogP contribution in [0, 0.1) is 13.8 Å². The summed E-state index contributed by atoms with van der Waals surface area (Å²) >= 11 is 0. The van der Waals surface area contributed by atoms with Crippen LogP contribution >= 0.6 is 0 Å². The average Bonchev–Trinajstić information content (AvgIpc) is 1.45. The number of rotatable bonds is 12. The molecule has 0 aliphatic heterocycles. The number of anilines is 6. The number of para-hydroxylation sites is 2. The predicted octanol–water partition coefficient (Wildman–Crippen LogP) is 23.1. The minimum atomic E-state index is -0.565. The van der Waals surface area contributed by atoms with E-state index in [-0.39, 0.29) is 11.8 Å². The molecule has 16 rings (SSSR count). The van der Waals surface area contributed by atoms with Crippen LogP contribution in [0.4, 0.5) is 34.1 Å². The van der Waals surface area contributed by atoms with Crippen molar-refractivity contribution in [1.82, 2.24) is 0 Å². The topological polar surface area (TPSA) is 6.48 Å². The third-order valence-corrected chi connectivity index (χ3v) is 19.6. The Balaban J connectivity index is 0.952. The fourth-order valence-corrected chi connectivity index (χ4v) is 15.9. The monoisotopic (exact) mass is 1130 g/mol. The molecule has 0 aromatic heterocycles. The van der Waals surface area contributed by atoms with E-state index in [0.29, 0.717) is 0 Å². The summed E-state index contributed by atoms with van der Waals surface area (Å²) in [6, 6.07) is 111. The molecule has 88 heavy (non-hydrogen) atoms. The van der Waals surface area contributed by atoms with Crippen molar-refractivity contribution in [2.24, 2.45) is 0 Å². The summed E-state index contributed by atoms with van der Waals surface area (Å²) in [5.41, 5.74) is 26.1. The molecule has 0 radical (unpaired) electrons. The van der Waals surface area contributed by atoms with Crippen molar-refractivity contribution < 1.29 is 0 Å². The lowest BCUT2D eigenvalue weighted by atomic mass is 9.67. The second-order valence-electron chi connectivity index (χ2n) is 25.2. The van der Waals surface area contributed by atoms with E-state index in [4.69, 9.17) is 0 Å². The van der Waals surface area contributed by atoms with Gasteiger partial charge in [-0.15, -0.1) is 0 Å². The van der Waals surface area contributed by atoms with Crippen molar-refractivity contribution in [3.8, 4) is 22.3 Å². The van der Waals surface area contributed by atoms with Crippen molar-refractivity contribution in [3.63, 3.8) is 0 Å². The number of aryl methyl sites for hydroxylation is 2. The normalized spacial score (nSPS) is 13.5. The van der Waals surface area contributed by atoms with E-state index >= 15 is 0 Å². The van der Waals surface area contributed by atoms with Gasteiger partial charge in [0.1, 0.15) is 0 Å². The molecular formula is C86H68N2. The van der Waals surface area contributed by atoms with Gasteiger partial charge in [-0.1, -0.05) is 269 Å². The number of benzene rings is 14. The molecular weight excluding hydrogens is 1060 g/mol. The van der Waals surface area contributed by atoms with E-state index in [1.807, 2.05) is 0 Å². The molecule has 422 valence electrons. The Morgan fingerprint density at radius 2 is 0.557 bits per heavy atom. The molecule has 14 aromatic carbocycles. The minimum absolute atomic E-state index is 0.225. The summed E-state index contributed by atoms with van der Waals surface area (Å²) in [5.74, 6) is 0.449. The highest BCUT2D eigenvalue weighted by atomic mass is 15.2. The van der Waals surface area contributed by atoms with Gasteiger partial charge >= 0.3 is 0 Å². The van der Waals surface area contributed by atoms with Gasteiger partial charge < -0.3 is 9.80 Å². The van der Waals surface area contributed by atoms with Crippen LogP contribution in [0.3, 0.4) is 0 Å². The molecule has 0 fully saturated rings. The van der Waals surface area contributed by atoms with Gasteiger partial charge in [-0.2, -0.15) is 0 Å². The van der Waals surface area contributed by atoms with Crippen LogP contribution in [0.15, 0.2) is 291 Å². The fraction of sp³-hybridized carbons (Fsp3) is 0.116. The SMILES string of the molecule is Cc1cccc(C2(c3cccc(N(c4ccccc4)c4cc(C(C)C)c5ccc6c(N(c7ccccc7)c7cccc(C8(c9cccc(C)c9)c9ccccc9-c9ccccc98)c7)cc(C(C)C)c7ccc4c5c76)c3)c3ccccc3-c3ccccc32)c1. The highest BCUT2D eigenvalue weighted by molar-refractivity contribution is 6.29. The van der Waals surface area contributed by atoms with Gasteiger partial charge in [0.2, 0.25) is 0 Å². The summed E-state index contributed by atoms with van der Waals surface area (Å²) in [6.07, 6.45) is 0. The zero-order chi connectivity index (χ0) is 59.4. The summed E-state index contributed by atoms with van der Waals surface area (Å²) in [5, 5.41) is 7.62. The van der Waals surface area contributed by atoms with E-state index in [9.17, 15) is 0 Å². The smallest absolute Gasteiger partial charge is 0.0714 e. The van der Waals surface area contributed by atoms with Crippen LogP contribution in [0.25, 0.3) is 54.6 Å². The average molecular weight is 1130 g/mol. The highest BCUT2D eigenvalue weighted by Gasteiger charge is 2.48. The van der Waals surface area contributed by atoms with E-state index in [2.05, 4.69) is 343 Å². The number of hydrogen-bond acceptors (Lipinski definition) is 2. The second-order valence-corrected chi connectivity index (χ2v) is 25.2. The summed E-state index contributed by atoms with van der Waals surface area (Å²) in [6.45, 7) is 13.9. The summed E-state index contributed by atoms with van der Waals surface area (Å²) < 4.78 is 0. The van der Waals surface area contributed by atoms with Crippen LogP contribution < -0.4 is 9.80 Å². The number of hydrogen-bond donors (Lipinski definition) is 0. The second kappa shape index (κ2) is 20.7. The molecule has 2 nitrogen and oxygen atoms in total. The quantitative estimate of drug-likeness (QED) is 0.113. The van der Waals surface area contributed by atoms with Crippen LogP contribution in [0.2, 0.25) is 0 Å². The minimum Gasteiger partial charge on any atom is -0.310 e. The van der Waals surface area contributed by atoms with Crippen molar-refractivity contribution in [3.05, 3.63) is 358 Å². The molecule has 0 N–H and O–H groups in total. The molecule has 2 aliphatic carbocycles. The van der Waals surface area contributed by atoms with Crippen molar-refractivity contribution in [2.45, 2.75) is 64.2 Å². The third-order valence-electron chi connectivity index (χ3n) is 19.6. The van der Waals surface area contributed by atoms with Crippen LogP contribution in [-0.2, 0) is 10.8 Å². The Hall–Kier alpha value is -10.3. The van der Waals surface area contributed by atoms with Crippen LogP contribution in [0.5, 0.6) is 0 Å². The summed E-state index contributed by atoms with van der Waals surface area (Å²) in [7, 11) is 0. The molecule has 0 bridgehead atoms. The zero-order valence-electron chi connectivity index (χ0n) is 50.8. The first kappa shape index (κ1) is 53.2. The molecule has 2 heteroatoms. The Labute approximate surface area is 517 Å². The van der Waals surface area contributed by atoms with Gasteiger partial charge in [0.25, 0.3) is 0 Å². The molecule has 14 aromatic rings. The van der Waals surface area contributed by atoms with Gasteiger partial charge in [-0.05, 0) is 186 Å². The fourth-order valence-electron chi connectivity index (χ4n) is 15.9. The largest absolute Gasteiger partial charge is 0.310 e. The Morgan fingerprint density at radius 3 is 0.898 bits per heavy atom. The Morgan fingerprint density at radius 1 is 0.261 bits per heavy atom. The molecule has 0 amide bonds.